The molecule has 2 fully saturated rings. The van der Waals surface area contributed by atoms with E-state index in [1.54, 1.807) is 6.20 Å². The van der Waals surface area contributed by atoms with Crippen molar-refractivity contribution in [3.8, 4) is 0 Å². The van der Waals surface area contributed by atoms with Crippen LogP contribution in [-0.2, 0) is 4.79 Å². The SMILES string of the molecule is O=C(c1cccc(Br)c1)N1CCN(C(=O)C2CC(c3cccnc3)NN2)CC1. The van der Waals surface area contributed by atoms with Crippen molar-refractivity contribution in [2.24, 2.45) is 0 Å². The van der Waals surface area contributed by atoms with Gasteiger partial charge in [-0.05, 0) is 36.2 Å². The van der Waals surface area contributed by atoms with Gasteiger partial charge in [-0.1, -0.05) is 28.1 Å². The predicted octanol–water partition coefficient (Wildman–Crippen LogP) is 1.74. The molecular formula is C20H22BrN5O2. The van der Waals surface area contributed by atoms with Crippen molar-refractivity contribution >= 4 is 27.7 Å². The van der Waals surface area contributed by atoms with Gasteiger partial charge >= 0.3 is 0 Å². The molecule has 0 radical (unpaired) electrons. The summed E-state index contributed by atoms with van der Waals surface area (Å²) in [6.07, 6.45) is 4.24. The van der Waals surface area contributed by atoms with Gasteiger partial charge in [0.1, 0.15) is 6.04 Å². The summed E-state index contributed by atoms with van der Waals surface area (Å²) in [6, 6.07) is 11.1. The first-order valence-electron chi connectivity index (χ1n) is 9.36. The topological polar surface area (TPSA) is 77.6 Å². The van der Waals surface area contributed by atoms with Crippen LogP contribution in [0.3, 0.4) is 0 Å². The van der Waals surface area contributed by atoms with E-state index >= 15 is 0 Å². The fourth-order valence-corrected chi connectivity index (χ4v) is 4.07. The number of aromatic nitrogens is 1. The van der Waals surface area contributed by atoms with Crippen LogP contribution in [0.15, 0.2) is 53.3 Å². The van der Waals surface area contributed by atoms with Crippen LogP contribution in [0, 0.1) is 0 Å². The summed E-state index contributed by atoms with van der Waals surface area (Å²) >= 11 is 3.40. The second kappa shape index (κ2) is 8.38. The van der Waals surface area contributed by atoms with Gasteiger partial charge in [0.15, 0.2) is 0 Å². The minimum Gasteiger partial charge on any atom is -0.338 e. The Morgan fingerprint density at radius 1 is 1.04 bits per heavy atom. The van der Waals surface area contributed by atoms with E-state index in [4.69, 9.17) is 0 Å². The lowest BCUT2D eigenvalue weighted by Crippen LogP contribution is -2.54. The van der Waals surface area contributed by atoms with E-state index in [0.29, 0.717) is 38.2 Å². The van der Waals surface area contributed by atoms with E-state index in [9.17, 15) is 9.59 Å². The van der Waals surface area contributed by atoms with Crippen LogP contribution < -0.4 is 10.9 Å². The number of hydrogen-bond donors (Lipinski definition) is 2. The normalized spacial score (nSPS) is 22.3. The predicted molar refractivity (Wildman–Crippen MR) is 108 cm³/mol. The van der Waals surface area contributed by atoms with Gasteiger partial charge in [-0.15, -0.1) is 0 Å². The molecule has 146 valence electrons. The van der Waals surface area contributed by atoms with Crippen LogP contribution in [0.25, 0.3) is 0 Å². The number of amides is 2. The molecule has 0 saturated carbocycles. The van der Waals surface area contributed by atoms with Crippen molar-refractivity contribution in [2.75, 3.05) is 26.2 Å². The number of halogens is 1. The number of hydrazine groups is 1. The third-order valence-corrected chi connectivity index (χ3v) is 5.73. The van der Waals surface area contributed by atoms with Crippen LogP contribution in [0.2, 0.25) is 0 Å². The average molecular weight is 444 g/mol. The molecule has 28 heavy (non-hydrogen) atoms. The molecule has 2 aliphatic rings. The van der Waals surface area contributed by atoms with Crippen molar-refractivity contribution in [3.63, 3.8) is 0 Å². The van der Waals surface area contributed by atoms with E-state index in [1.165, 1.54) is 0 Å². The fourth-order valence-electron chi connectivity index (χ4n) is 3.67. The number of nitrogens with zero attached hydrogens (tertiary/aromatic N) is 3. The quantitative estimate of drug-likeness (QED) is 0.755. The molecule has 2 aromatic rings. The van der Waals surface area contributed by atoms with E-state index < -0.39 is 0 Å². The Kier molecular flexibility index (Phi) is 5.70. The standard InChI is InChI=1S/C20H22BrN5O2/c21-16-5-1-3-14(11-16)19(27)25-7-9-26(10-8-25)20(28)18-12-17(23-24-18)15-4-2-6-22-13-15/h1-6,11,13,17-18,23-24H,7-10,12H2. The van der Waals surface area contributed by atoms with E-state index in [0.717, 1.165) is 10.0 Å². The Labute approximate surface area is 172 Å². The molecule has 2 amide bonds. The van der Waals surface area contributed by atoms with Crippen LogP contribution >= 0.6 is 15.9 Å². The molecule has 4 rings (SSSR count). The fraction of sp³-hybridized carbons (Fsp3) is 0.350. The molecule has 7 nitrogen and oxygen atoms in total. The first kappa shape index (κ1) is 19.0. The maximum Gasteiger partial charge on any atom is 0.254 e. The number of carbonyl (C=O) groups is 2. The van der Waals surface area contributed by atoms with Crippen molar-refractivity contribution < 1.29 is 9.59 Å². The molecule has 2 aliphatic heterocycles. The maximum absolute atomic E-state index is 12.9. The second-order valence-electron chi connectivity index (χ2n) is 7.04. The van der Waals surface area contributed by atoms with Crippen molar-refractivity contribution in [3.05, 3.63) is 64.4 Å². The number of piperazine rings is 1. The highest BCUT2D eigenvalue weighted by Crippen LogP contribution is 2.23. The maximum atomic E-state index is 12.9. The Bertz CT molecular complexity index is 855. The first-order chi connectivity index (χ1) is 13.6. The zero-order valence-electron chi connectivity index (χ0n) is 15.3. The van der Waals surface area contributed by atoms with Gasteiger partial charge in [-0.25, -0.2) is 10.9 Å². The molecular weight excluding hydrogens is 422 g/mol. The number of pyridine rings is 1. The number of benzene rings is 1. The highest BCUT2D eigenvalue weighted by Gasteiger charge is 2.34. The molecule has 2 unspecified atom stereocenters. The van der Waals surface area contributed by atoms with Gasteiger partial charge in [0.25, 0.3) is 5.91 Å². The summed E-state index contributed by atoms with van der Waals surface area (Å²) in [5.41, 5.74) is 8.03. The van der Waals surface area contributed by atoms with Crippen molar-refractivity contribution in [1.29, 1.82) is 0 Å². The van der Waals surface area contributed by atoms with Crippen molar-refractivity contribution in [2.45, 2.75) is 18.5 Å². The number of rotatable bonds is 3. The van der Waals surface area contributed by atoms with Crippen LogP contribution in [0.5, 0.6) is 0 Å². The van der Waals surface area contributed by atoms with Gasteiger partial charge in [-0.3, -0.25) is 14.6 Å². The van der Waals surface area contributed by atoms with Gasteiger partial charge in [0.05, 0.1) is 0 Å². The zero-order chi connectivity index (χ0) is 19.5. The number of hydrogen-bond acceptors (Lipinski definition) is 5. The Hall–Kier alpha value is -2.29. The molecule has 1 aromatic carbocycles. The highest BCUT2D eigenvalue weighted by molar-refractivity contribution is 9.10. The zero-order valence-corrected chi connectivity index (χ0v) is 16.9. The third kappa shape index (κ3) is 4.09. The van der Waals surface area contributed by atoms with E-state index in [1.807, 2.05) is 52.4 Å². The van der Waals surface area contributed by atoms with Gasteiger partial charge in [0, 0.05) is 54.7 Å². The first-order valence-corrected chi connectivity index (χ1v) is 10.2. The second-order valence-corrected chi connectivity index (χ2v) is 7.96. The number of nitrogens with one attached hydrogen (secondary N) is 2. The largest absolute Gasteiger partial charge is 0.338 e. The van der Waals surface area contributed by atoms with Gasteiger partial charge < -0.3 is 9.80 Å². The molecule has 0 aliphatic carbocycles. The van der Waals surface area contributed by atoms with Crippen LogP contribution in [0.4, 0.5) is 0 Å². The summed E-state index contributed by atoms with van der Waals surface area (Å²) in [6.45, 7) is 2.19. The average Bonchev–Trinajstić information content (AvgIpc) is 3.24. The summed E-state index contributed by atoms with van der Waals surface area (Å²) in [4.78, 5) is 33.3. The van der Waals surface area contributed by atoms with Crippen LogP contribution in [-0.4, -0.2) is 58.8 Å². The molecule has 0 spiro atoms. The summed E-state index contributed by atoms with van der Waals surface area (Å²) < 4.78 is 0.884. The lowest BCUT2D eigenvalue weighted by Gasteiger charge is -2.36. The third-order valence-electron chi connectivity index (χ3n) is 5.24. The summed E-state index contributed by atoms with van der Waals surface area (Å²) in [5.74, 6) is 0.0825. The molecule has 2 saturated heterocycles. The Morgan fingerprint density at radius 3 is 2.54 bits per heavy atom. The van der Waals surface area contributed by atoms with Crippen molar-refractivity contribution in [1.82, 2.24) is 25.6 Å². The number of carbonyl (C=O) groups excluding carboxylic acids is 2. The molecule has 2 N–H and O–H groups in total. The van der Waals surface area contributed by atoms with Crippen LogP contribution in [0.1, 0.15) is 28.4 Å². The van der Waals surface area contributed by atoms with Gasteiger partial charge in [-0.2, -0.15) is 0 Å². The molecule has 8 heteroatoms. The van der Waals surface area contributed by atoms with E-state index in [-0.39, 0.29) is 23.9 Å². The molecule has 1 aromatic heterocycles. The minimum atomic E-state index is -0.266. The summed E-state index contributed by atoms with van der Waals surface area (Å²) in [5, 5.41) is 0. The summed E-state index contributed by atoms with van der Waals surface area (Å²) in [7, 11) is 0. The monoisotopic (exact) mass is 443 g/mol. The van der Waals surface area contributed by atoms with Gasteiger partial charge in [0.2, 0.25) is 5.91 Å². The van der Waals surface area contributed by atoms with E-state index in [2.05, 4.69) is 31.8 Å². The molecule has 3 heterocycles. The lowest BCUT2D eigenvalue weighted by atomic mass is 10.0. The molecule has 0 bridgehead atoms. The minimum absolute atomic E-state index is 0.00528. The Morgan fingerprint density at radius 2 is 1.82 bits per heavy atom. The molecule has 2 atom stereocenters. The highest BCUT2D eigenvalue weighted by atomic mass is 79.9. The lowest BCUT2D eigenvalue weighted by molar-refractivity contribution is -0.134. The smallest absolute Gasteiger partial charge is 0.254 e. The Balaban J connectivity index is 1.31.